The molecule has 0 amide bonds. The summed E-state index contributed by atoms with van der Waals surface area (Å²) in [6, 6.07) is 14.0. The molecule has 3 rings (SSSR count). The first-order valence-electron chi connectivity index (χ1n) is 8.51. The van der Waals surface area contributed by atoms with Crippen molar-refractivity contribution in [1.29, 1.82) is 0 Å². The summed E-state index contributed by atoms with van der Waals surface area (Å²) < 4.78 is 0. The SMILES string of the molecule is Cc1ccc(CN2CCCC2c2ccc(CN(C)C)cc2)nc1. The number of hydrogen-bond donors (Lipinski definition) is 0. The largest absolute Gasteiger partial charge is 0.305 e. The Hall–Kier alpha value is -1.71. The Bertz CT molecular complexity index is 616. The van der Waals surface area contributed by atoms with E-state index < -0.39 is 0 Å². The molecule has 122 valence electrons. The van der Waals surface area contributed by atoms with Crippen LogP contribution in [0.4, 0.5) is 0 Å². The van der Waals surface area contributed by atoms with Crippen LogP contribution in [0.25, 0.3) is 0 Å². The average molecular weight is 309 g/mol. The van der Waals surface area contributed by atoms with Gasteiger partial charge < -0.3 is 4.90 Å². The maximum atomic E-state index is 4.57. The van der Waals surface area contributed by atoms with Gasteiger partial charge >= 0.3 is 0 Å². The van der Waals surface area contributed by atoms with E-state index in [1.165, 1.54) is 41.8 Å². The normalized spacial score (nSPS) is 18.7. The van der Waals surface area contributed by atoms with Crippen LogP contribution in [0.1, 0.15) is 41.3 Å². The summed E-state index contributed by atoms with van der Waals surface area (Å²) in [5.41, 5.74) is 5.22. The van der Waals surface area contributed by atoms with E-state index in [-0.39, 0.29) is 0 Å². The molecule has 1 aliphatic rings. The second kappa shape index (κ2) is 7.24. The van der Waals surface area contributed by atoms with Gasteiger partial charge in [0.15, 0.2) is 0 Å². The van der Waals surface area contributed by atoms with Crippen LogP contribution < -0.4 is 0 Å². The van der Waals surface area contributed by atoms with E-state index in [1.807, 2.05) is 6.20 Å². The molecule has 0 radical (unpaired) electrons. The van der Waals surface area contributed by atoms with E-state index in [9.17, 15) is 0 Å². The van der Waals surface area contributed by atoms with Crippen molar-refractivity contribution in [1.82, 2.24) is 14.8 Å². The molecule has 3 heteroatoms. The first-order chi connectivity index (χ1) is 11.1. The first kappa shape index (κ1) is 16.2. The number of rotatable bonds is 5. The summed E-state index contributed by atoms with van der Waals surface area (Å²) in [5, 5.41) is 0. The molecule has 1 fully saturated rings. The smallest absolute Gasteiger partial charge is 0.0544 e. The van der Waals surface area contributed by atoms with Crippen molar-refractivity contribution >= 4 is 0 Å². The van der Waals surface area contributed by atoms with Gasteiger partial charge in [-0.2, -0.15) is 0 Å². The van der Waals surface area contributed by atoms with Gasteiger partial charge in [-0.3, -0.25) is 9.88 Å². The van der Waals surface area contributed by atoms with Crippen LogP contribution in [0.2, 0.25) is 0 Å². The number of pyridine rings is 1. The third-order valence-corrected chi connectivity index (χ3v) is 4.56. The van der Waals surface area contributed by atoms with Gasteiger partial charge in [0.1, 0.15) is 0 Å². The van der Waals surface area contributed by atoms with Crippen LogP contribution in [0.5, 0.6) is 0 Å². The number of benzene rings is 1. The lowest BCUT2D eigenvalue weighted by atomic mass is 10.0. The summed E-state index contributed by atoms with van der Waals surface area (Å²) in [6.45, 7) is 5.21. The maximum absolute atomic E-state index is 4.57. The lowest BCUT2D eigenvalue weighted by Gasteiger charge is -2.25. The molecule has 2 heterocycles. The highest BCUT2D eigenvalue weighted by Crippen LogP contribution is 2.33. The molecular weight excluding hydrogens is 282 g/mol. The third kappa shape index (κ3) is 4.18. The molecule has 0 aliphatic carbocycles. The van der Waals surface area contributed by atoms with Gasteiger partial charge in [0.25, 0.3) is 0 Å². The minimum absolute atomic E-state index is 0.534. The van der Waals surface area contributed by atoms with E-state index in [4.69, 9.17) is 0 Å². The first-order valence-corrected chi connectivity index (χ1v) is 8.51. The Morgan fingerprint density at radius 1 is 1.13 bits per heavy atom. The average Bonchev–Trinajstić information content (AvgIpc) is 2.98. The molecule has 2 aromatic rings. The Labute approximate surface area is 140 Å². The summed E-state index contributed by atoms with van der Waals surface area (Å²) >= 11 is 0. The van der Waals surface area contributed by atoms with Crippen molar-refractivity contribution in [2.75, 3.05) is 20.6 Å². The molecule has 0 spiro atoms. The van der Waals surface area contributed by atoms with E-state index in [2.05, 4.69) is 72.2 Å². The monoisotopic (exact) mass is 309 g/mol. The molecule has 0 bridgehead atoms. The number of nitrogens with zero attached hydrogens (tertiary/aromatic N) is 3. The van der Waals surface area contributed by atoms with Gasteiger partial charge in [-0.15, -0.1) is 0 Å². The van der Waals surface area contributed by atoms with Crippen LogP contribution in [-0.2, 0) is 13.1 Å². The second-order valence-electron chi connectivity index (χ2n) is 6.93. The molecule has 1 aromatic carbocycles. The zero-order valence-corrected chi connectivity index (χ0v) is 14.5. The minimum Gasteiger partial charge on any atom is -0.305 e. The molecule has 23 heavy (non-hydrogen) atoms. The molecule has 1 aliphatic heterocycles. The van der Waals surface area contributed by atoms with E-state index in [1.54, 1.807) is 0 Å². The zero-order valence-electron chi connectivity index (χ0n) is 14.5. The van der Waals surface area contributed by atoms with Crippen molar-refractivity contribution in [2.45, 2.75) is 38.9 Å². The lowest BCUT2D eigenvalue weighted by molar-refractivity contribution is 0.245. The van der Waals surface area contributed by atoms with Gasteiger partial charge in [0.2, 0.25) is 0 Å². The topological polar surface area (TPSA) is 19.4 Å². The summed E-state index contributed by atoms with van der Waals surface area (Å²) in [7, 11) is 4.22. The molecule has 0 saturated carbocycles. The Kier molecular flexibility index (Phi) is 5.09. The highest BCUT2D eigenvalue weighted by atomic mass is 15.2. The number of hydrogen-bond acceptors (Lipinski definition) is 3. The third-order valence-electron chi connectivity index (χ3n) is 4.56. The number of aromatic nitrogens is 1. The fourth-order valence-corrected chi connectivity index (χ4v) is 3.40. The fourth-order valence-electron chi connectivity index (χ4n) is 3.40. The lowest BCUT2D eigenvalue weighted by Crippen LogP contribution is -2.23. The zero-order chi connectivity index (χ0) is 16.2. The Morgan fingerprint density at radius 2 is 1.91 bits per heavy atom. The number of likely N-dealkylation sites (tertiary alicyclic amines) is 1. The van der Waals surface area contributed by atoms with E-state index in [0.29, 0.717) is 6.04 Å². The van der Waals surface area contributed by atoms with Crippen LogP contribution in [-0.4, -0.2) is 35.4 Å². The molecule has 1 unspecified atom stereocenters. The van der Waals surface area contributed by atoms with Crippen LogP contribution >= 0.6 is 0 Å². The molecular formula is C20H27N3. The van der Waals surface area contributed by atoms with Gasteiger partial charge in [0, 0.05) is 25.3 Å². The van der Waals surface area contributed by atoms with Gasteiger partial charge in [-0.05, 0) is 63.2 Å². The van der Waals surface area contributed by atoms with Crippen molar-refractivity contribution in [3.05, 3.63) is 65.0 Å². The quantitative estimate of drug-likeness (QED) is 0.837. The summed E-state index contributed by atoms with van der Waals surface area (Å²) in [5.74, 6) is 0. The highest BCUT2D eigenvalue weighted by Gasteiger charge is 2.26. The van der Waals surface area contributed by atoms with Crippen LogP contribution in [0.3, 0.4) is 0 Å². The highest BCUT2D eigenvalue weighted by molar-refractivity contribution is 5.26. The van der Waals surface area contributed by atoms with Gasteiger partial charge in [0.05, 0.1) is 5.69 Å². The maximum Gasteiger partial charge on any atom is 0.0544 e. The van der Waals surface area contributed by atoms with Crippen molar-refractivity contribution in [3.63, 3.8) is 0 Å². The van der Waals surface area contributed by atoms with Crippen molar-refractivity contribution < 1.29 is 0 Å². The summed E-state index contributed by atoms with van der Waals surface area (Å²) in [4.78, 5) is 9.35. The van der Waals surface area contributed by atoms with Crippen LogP contribution in [0, 0.1) is 6.92 Å². The Balaban J connectivity index is 1.69. The fraction of sp³-hybridized carbons (Fsp3) is 0.450. The predicted molar refractivity (Wildman–Crippen MR) is 95.2 cm³/mol. The predicted octanol–water partition coefficient (Wildman–Crippen LogP) is 3.79. The summed E-state index contributed by atoms with van der Waals surface area (Å²) in [6.07, 6.45) is 4.49. The van der Waals surface area contributed by atoms with Crippen molar-refractivity contribution in [2.24, 2.45) is 0 Å². The van der Waals surface area contributed by atoms with E-state index in [0.717, 1.165) is 13.1 Å². The molecule has 3 nitrogen and oxygen atoms in total. The molecule has 1 aromatic heterocycles. The van der Waals surface area contributed by atoms with Crippen molar-refractivity contribution in [3.8, 4) is 0 Å². The molecule has 0 N–H and O–H groups in total. The molecule has 1 atom stereocenters. The van der Waals surface area contributed by atoms with Gasteiger partial charge in [-0.1, -0.05) is 30.3 Å². The minimum atomic E-state index is 0.534. The van der Waals surface area contributed by atoms with E-state index >= 15 is 0 Å². The van der Waals surface area contributed by atoms with Crippen LogP contribution in [0.15, 0.2) is 42.6 Å². The molecule has 1 saturated heterocycles. The Morgan fingerprint density at radius 3 is 2.57 bits per heavy atom. The second-order valence-corrected chi connectivity index (χ2v) is 6.93. The van der Waals surface area contributed by atoms with Gasteiger partial charge in [-0.25, -0.2) is 0 Å². The standard InChI is InChI=1S/C20H27N3/c1-16-6-11-19(21-13-16)15-23-12-4-5-20(23)18-9-7-17(8-10-18)14-22(2)3/h6-11,13,20H,4-5,12,14-15H2,1-3H3. The number of aryl methyl sites for hydroxylation is 1.